The average molecular weight is 390 g/mol. The molecule has 1 amide bonds. The second-order valence-corrected chi connectivity index (χ2v) is 7.40. The van der Waals surface area contributed by atoms with E-state index in [1.165, 1.54) is 4.90 Å². The highest BCUT2D eigenvalue weighted by Crippen LogP contribution is 2.22. The summed E-state index contributed by atoms with van der Waals surface area (Å²) in [6.07, 6.45) is -0.471. The van der Waals surface area contributed by atoms with Crippen LogP contribution in [0.2, 0.25) is 5.02 Å². The van der Waals surface area contributed by atoms with Crippen LogP contribution in [0.25, 0.3) is 0 Å². The number of halogens is 1. The SMILES string of the molecule is CCOC(=O)c1ccc(N(Cc2ccc(Cl)cc2)C(=O)OC(C)(C)C)cc1. The van der Waals surface area contributed by atoms with Gasteiger partial charge in [-0.1, -0.05) is 23.7 Å². The molecule has 0 fully saturated rings. The topological polar surface area (TPSA) is 55.8 Å². The molecule has 0 N–H and O–H groups in total. The molecule has 0 unspecified atom stereocenters. The van der Waals surface area contributed by atoms with Gasteiger partial charge in [0.1, 0.15) is 5.60 Å². The Hall–Kier alpha value is -2.53. The van der Waals surface area contributed by atoms with E-state index in [-0.39, 0.29) is 0 Å². The van der Waals surface area contributed by atoms with E-state index in [9.17, 15) is 9.59 Å². The number of nitrogens with zero attached hydrogens (tertiary/aromatic N) is 1. The molecule has 144 valence electrons. The van der Waals surface area contributed by atoms with E-state index in [1.54, 1.807) is 43.3 Å². The molecule has 0 spiro atoms. The van der Waals surface area contributed by atoms with E-state index in [1.807, 2.05) is 32.9 Å². The molecule has 27 heavy (non-hydrogen) atoms. The minimum absolute atomic E-state index is 0.307. The molecular weight excluding hydrogens is 366 g/mol. The number of hydrogen-bond donors (Lipinski definition) is 0. The third-order valence-electron chi connectivity index (χ3n) is 3.56. The number of rotatable bonds is 5. The molecule has 6 heteroatoms. The number of carbonyl (C=O) groups excluding carboxylic acids is 2. The fourth-order valence-electron chi connectivity index (χ4n) is 2.34. The summed E-state index contributed by atoms with van der Waals surface area (Å²) >= 11 is 5.94. The van der Waals surface area contributed by atoms with Crippen LogP contribution in [0.1, 0.15) is 43.6 Å². The molecule has 5 nitrogen and oxygen atoms in total. The predicted octanol–water partition coefficient (Wildman–Crippen LogP) is 5.46. The van der Waals surface area contributed by atoms with Crippen LogP contribution < -0.4 is 4.90 Å². The van der Waals surface area contributed by atoms with Gasteiger partial charge in [0.15, 0.2) is 0 Å². The van der Waals surface area contributed by atoms with Crippen molar-refractivity contribution in [1.29, 1.82) is 0 Å². The summed E-state index contributed by atoms with van der Waals surface area (Å²) in [4.78, 5) is 26.1. The van der Waals surface area contributed by atoms with Crippen molar-refractivity contribution < 1.29 is 19.1 Å². The summed E-state index contributed by atoms with van der Waals surface area (Å²) in [5.41, 5.74) is 1.32. The Bertz CT molecular complexity index is 779. The highest BCUT2D eigenvalue weighted by Gasteiger charge is 2.24. The van der Waals surface area contributed by atoms with Gasteiger partial charge in [-0.2, -0.15) is 0 Å². The molecule has 0 aliphatic heterocycles. The predicted molar refractivity (Wildman–Crippen MR) is 106 cm³/mol. The Morgan fingerprint density at radius 3 is 2.11 bits per heavy atom. The van der Waals surface area contributed by atoms with Crippen molar-refractivity contribution in [3.05, 3.63) is 64.7 Å². The number of anilines is 1. The normalized spacial score (nSPS) is 11.0. The Balaban J connectivity index is 2.29. The highest BCUT2D eigenvalue weighted by atomic mass is 35.5. The van der Waals surface area contributed by atoms with Crippen LogP contribution in [0.15, 0.2) is 48.5 Å². The lowest BCUT2D eigenvalue weighted by molar-refractivity contribution is 0.0525. The minimum Gasteiger partial charge on any atom is -0.462 e. The smallest absolute Gasteiger partial charge is 0.415 e. The zero-order chi connectivity index (χ0) is 20.0. The Morgan fingerprint density at radius 1 is 1.00 bits per heavy atom. The Morgan fingerprint density at radius 2 is 1.59 bits per heavy atom. The number of carbonyl (C=O) groups is 2. The quantitative estimate of drug-likeness (QED) is 0.637. The van der Waals surface area contributed by atoms with Crippen LogP contribution in [0.5, 0.6) is 0 Å². The number of benzene rings is 2. The molecular formula is C21H24ClNO4. The molecule has 0 atom stereocenters. The fourth-order valence-corrected chi connectivity index (χ4v) is 2.47. The van der Waals surface area contributed by atoms with E-state index in [0.717, 1.165) is 5.56 Å². The molecule has 0 aromatic heterocycles. The number of esters is 1. The fraction of sp³-hybridized carbons (Fsp3) is 0.333. The van der Waals surface area contributed by atoms with E-state index in [4.69, 9.17) is 21.1 Å². The van der Waals surface area contributed by atoms with Gasteiger partial charge >= 0.3 is 12.1 Å². The van der Waals surface area contributed by atoms with Crippen LogP contribution in [-0.2, 0) is 16.0 Å². The summed E-state index contributed by atoms with van der Waals surface area (Å²) in [5.74, 6) is -0.398. The maximum atomic E-state index is 12.7. The monoisotopic (exact) mass is 389 g/mol. The van der Waals surface area contributed by atoms with Gasteiger partial charge in [-0.3, -0.25) is 4.90 Å². The van der Waals surface area contributed by atoms with Crippen molar-refractivity contribution >= 4 is 29.4 Å². The number of amides is 1. The lowest BCUT2D eigenvalue weighted by Crippen LogP contribution is -2.36. The molecule has 2 aromatic rings. The lowest BCUT2D eigenvalue weighted by atomic mass is 10.1. The van der Waals surface area contributed by atoms with Crippen LogP contribution in [0, 0.1) is 0 Å². The maximum absolute atomic E-state index is 12.7. The van der Waals surface area contributed by atoms with E-state index in [0.29, 0.717) is 29.4 Å². The first-order chi connectivity index (χ1) is 12.7. The first-order valence-electron chi connectivity index (χ1n) is 8.72. The van der Waals surface area contributed by atoms with Gasteiger partial charge in [0.25, 0.3) is 0 Å². The van der Waals surface area contributed by atoms with Crippen molar-refractivity contribution in [1.82, 2.24) is 0 Å². The lowest BCUT2D eigenvalue weighted by Gasteiger charge is -2.27. The third kappa shape index (κ3) is 6.29. The first kappa shape index (κ1) is 20.8. The zero-order valence-electron chi connectivity index (χ0n) is 16.0. The zero-order valence-corrected chi connectivity index (χ0v) is 16.7. The van der Waals surface area contributed by atoms with Gasteiger partial charge < -0.3 is 9.47 Å². The third-order valence-corrected chi connectivity index (χ3v) is 3.81. The van der Waals surface area contributed by atoms with Gasteiger partial charge in [-0.25, -0.2) is 9.59 Å². The molecule has 0 saturated heterocycles. The van der Waals surface area contributed by atoms with Crippen molar-refractivity contribution in [3.63, 3.8) is 0 Å². The maximum Gasteiger partial charge on any atom is 0.415 e. The summed E-state index contributed by atoms with van der Waals surface area (Å²) < 4.78 is 10.5. The summed E-state index contributed by atoms with van der Waals surface area (Å²) in [5, 5.41) is 0.626. The van der Waals surface area contributed by atoms with Crippen molar-refractivity contribution in [2.45, 2.75) is 39.8 Å². The van der Waals surface area contributed by atoms with Gasteiger partial charge in [-0.05, 0) is 69.7 Å². The molecule has 0 saturated carbocycles. The van der Waals surface area contributed by atoms with Crippen LogP contribution in [-0.4, -0.2) is 24.3 Å². The largest absolute Gasteiger partial charge is 0.462 e. The van der Waals surface area contributed by atoms with Crippen molar-refractivity contribution in [2.24, 2.45) is 0 Å². The molecule has 2 rings (SSSR count). The first-order valence-corrected chi connectivity index (χ1v) is 9.09. The van der Waals surface area contributed by atoms with E-state index in [2.05, 4.69) is 0 Å². The van der Waals surface area contributed by atoms with Crippen LogP contribution in [0.3, 0.4) is 0 Å². The molecule has 2 aromatic carbocycles. The van der Waals surface area contributed by atoms with Crippen molar-refractivity contribution in [2.75, 3.05) is 11.5 Å². The summed E-state index contributed by atoms with van der Waals surface area (Å²) in [6, 6.07) is 13.9. The Kier molecular flexibility index (Phi) is 6.86. The summed E-state index contributed by atoms with van der Waals surface area (Å²) in [6.45, 7) is 7.81. The van der Waals surface area contributed by atoms with Gasteiger partial charge in [0, 0.05) is 10.7 Å². The standard InChI is InChI=1S/C21H24ClNO4/c1-5-26-19(24)16-8-12-18(13-9-16)23(20(25)27-21(2,3)4)14-15-6-10-17(22)11-7-15/h6-13H,5,14H2,1-4H3. The Labute approximate surface area is 164 Å². The van der Waals surface area contributed by atoms with Crippen molar-refractivity contribution in [3.8, 4) is 0 Å². The number of ether oxygens (including phenoxy) is 2. The second kappa shape index (κ2) is 8.91. The van der Waals surface area contributed by atoms with Crippen LogP contribution >= 0.6 is 11.6 Å². The molecule has 0 bridgehead atoms. The van der Waals surface area contributed by atoms with Gasteiger partial charge in [-0.15, -0.1) is 0 Å². The summed E-state index contributed by atoms with van der Waals surface area (Å²) in [7, 11) is 0. The van der Waals surface area contributed by atoms with Gasteiger partial charge in [0.2, 0.25) is 0 Å². The molecule has 0 aliphatic carbocycles. The average Bonchev–Trinajstić information content (AvgIpc) is 2.60. The van der Waals surface area contributed by atoms with E-state index >= 15 is 0 Å². The van der Waals surface area contributed by atoms with Gasteiger partial charge in [0.05, 0.1) is 18.7 Å². The number of hydrogen-bond acceptors (Lipinski definition) is 4. The minimum atomic E-state index is -0.625. The van der Waals surface area contributed by atoms with E-state index < -0.39 is 17.7 Å². The molecule has 0 aliphatic rings. The second-order valence-electron chi connectivity index (χ2n) is 6.96. The molecule has 0 heterocycles. The highest BCUT2D eigenvalue weighted by molar-refractivity contribution is 6.30. The van der Waals surface area contributed by atoms with Crippen LogP contribution in [0.4, 0.5) is 10.5 Å². The molecule has 0 radical (unpaired) electrons.